The lowest BCUT2D eigenvalue weighted by Gasteiger charge is -2.38. The van der Waals surface area contributed by atoms with Crippen molar-refractivity contribution in [3.63, 3.8) is 0 Å². The number of rotatable bonds is 7. The van der Waals surface area contributed by atoms with Crippen molar-refractivity contribution in [1.29, 1.82) is 0 Å². The smallest absolute Gasteiger partial charge is 0.339 e. The average Bonchev–Trinajstić information content (AvgIpc) is 2.84. The SMILES string of the molecule is CCOC(=O)C1(NC(=O)C2CCN(S(=O)(=O)c3ccccc3C(=O)OC)CC2)CCCCC1. The molecule has 0 radical (unpaired) electrons. The molecule has 1 saturated heterocycles. The number of hydrogen-bond donors (Lipinski definition) is 1. The Morgan fingerprint density at radius 2 is 1.73 bits per heavy atom. The van der Waals surface area contributed by atoms with Gasteiger partial charge in [-0.2, -0.15) is 4.31 Å². The van der Waals surface area contributed by atoms with Gasteiger partial charge in [-0.15, -0.1) is 0 Å². The summed E-state index contributed by atoms with van der Waals surface area (Å²) in [5, 5.41) is 2.96. The van der Waals surface area contributed by atoms with E-state index in [4.69, 9.17) is 9.47 Å². The van der Waals surface area contributed by atoms with Crippen molar-refractivity contribution in [1.82, 2.24) is 9.62 Å². The van der Waals surface area contributed by atoms with Gasteiger partial charge in [0.15, 0.2) is 0 Å². The second kappa shape index (κ2) is 10.6. The number of esters is 2. The summed E-state index contributed by atoms with van der Waals surface area (Å²) in [5.74, 6) is -1.75. The molecule has 1 amide bonds. The van der Waals surface area contributed by atoms with Gasteiger partial charge in [0.2, 0.25) is 15.9 Å². The van der Waals surface area contributed by atoms with Crippen molar-refractivity contribution in [3.05, 3.63) is 29.8 Å². The fourth-order valence-corrected chi connectivity index (χ4v) is 6.26. The van der Waals surface area contributed by atoms with E-state index in [1.54, 1.807) is 19.1 Å². The first-order chi connectivity index (χ1) is 15.7. The maximum absolute atomic E-state index is 13.2. The van der Waals surface area contributed by atoms with Gasteiger partial charge in [-0.1, -0.05) is 31.4 Å². The second-order valence-corrected chi connectivity index (χ2v) is 10.4. The summed E-state index contributed by atoms with van der Waals surface area (Å²) in [6, 6.07) is 5.93. The summed E-state index contributed by atoms with van der Waals surface area (Å²) in [7, 11) is -2.73. The summed E-state index contributed by atoms with van der Waals surface area (Å²) in [6.45, 7) is 2.27. The van der Waals surface area contributed by atoms with Gasteiger partial charge < -0.3 is 14.8 Å². The third-order valence-corrected chi connectivity index (χ3v) is 8.43. The van der Waals surface area contributed by atoms with Crippen LogP contribution in [0.5, 0.6) is 0 Å². The number of piperidine rings is 1. The molecule has 1 aliphatic carbocycles. The summed E-state index contributed by atoms with van der Waals surface area (Å²) < 4.78 is 37.6. The van der Waals surface area contributed by atoms with Gasteiger partial charge in [-0.25, -0.2) is 18.0 Å². The number of ether oxygens (including phenoxy) is 2. The molecule has 0 aromatic heterocycles. The molecule has 2 fully saturated rings. The minimum Gasteiger partial charge on any atom is -0.465 e. The molecule has 1 saturated carbocycles. The van der Waals surface area contributed by atoms with E-state index in [-0.39, 0.29) is 36.1 Å². The number of hydrogen-bond acceptors (Lipinski definition) is 7. The standard InChI is InChI=1S/C23H32N2O7S/c1-3-32-22(28)23(13-7-4-8-14-23)24-20(26)17-11-15-25(16-12-17)33(29,30)19-10-6-5-9-18(19)21(27)31-2/h5-6,9-10,17H,3-4,7-8,11-16H2,1-2H3,(H,24,26). The van der Waals surface area contributed by atoms with E-state index in [9.17, 15) is 22.8 Å². The van der Waals surface area contributed by atoms with Crippen LogP contribution in [0.2, 0.25) is 0 Å². The van der Waals surface area contributed by atoms with E-state index in [1.807, 2.05) is 0 Å². The highest BCUT2D eigenvalue weighted by Gasteiger charge is 2.44. The molecule has 1 N–H and O–H groups in total. The number of amides is 1. The second-order valence-electron chi connectivity index (χ2n) is 8.52. The molecule has 182 valence electrons. The first kappa shape index (κ1) is 25.2. The van der Waals surface area contributed by atoms with Crippen LogP contribution in [0, 0.1) is 5.92 Å². The number of carbonyl (C=O) groups excluding carboxylic acids is 3. The first-order valence-electron chi connectivity index (χ1n) is 11.4. The molecule has 0 bridgehead atoms. The Morgan fingerprint density at radius 3 is 2.33 bits per heavy atom. The fraction of sp³-hybridized carbons (Fsp3) is 0.609. The zero-order valence-corrected chi connectivity index (χ0v) is 20.0. The van der Waals surface area contributed by atoms with Gasteiger partial charge in [-0.05, 0) is 44.7 Å². The summed E-state index contributed by atoms with van der Waals surface area (Å²) >= 11 is 0. The van der Waals surface area contributed by atoms with E-state index in [0.29, 0.717) is 25.7 Å². The Kier molecular flexibility index (Phi) is 8.12. The van der Waals surface area contributed by atoms with E-state index in [2.05, 4.69) is 5.32 Å². The fourth-order valence-electron chi connectivity index (χ4n) is 4.61. The topological polar surface area (TPSA) is 119 Å². The van der Waals surface area contributed by atoms with E-state index < -0.39 is 33.4 Å². The molecule has 0 unspecified atom stereocenters. The van der Waals surface area contributed by atoms with Crippen LogP contribution in [0.25, 0.3) is 0 Å². The average molecular weight is 481 g/mol. The molecule has 9 nitrogen and oxygen atoms in total. The van der Waals surface area contributed by atoms with E-state index >= 15 is 0 Å². The van der Waals surface area contributed by atoms with Crippen molar-refractivity contribution in [2.45, 2.75) is 62.3 Å². The highest BCUT2D eigenvalue weighted by Crippen LogP contribution is 2.31. The summed E-state index contributed by atoms with van der Waals surface area (Å²) in [5.41, 5.74) is -1.01. The van der Waals surface area contributed by atoms with Crippen LogP contribution in [0.1, 0.15) is 62.2 Å². The molecule has 3 rings (SSSR count). The van der Waals surface area contributed by atoms with Crippen molar-refractivity contribution >= 4 is 27.9 Å². The summed E-state index contributed by atoms with van der Waals surface area (Å²) in [6.07, 6.45) is 4.45. The normalized spacial score (nSPS) is 19.5. The van der Waals surface area contributed by atoms with Crippen molar-refractivity contribution < 1.29 is 32.3 Å². The summed E-state index contributed by atoms with van der Waals surface area (Å²) in [4.78, 5) is 37.6. The molecule has 0 atom stereocenters. The van der Waals surface area contributed by atoms with Crippen LogP contribution in [0.3, 0.4) is 0 Å². The molecular weight excluding hydrogens is 448 g/mol. The number of benzene rings is 1. The van der Waals surface area contributed by atoms with Crippen LogP contribution >= 0.6 is 0 Å². The lowest BCUT2D eigenvalue weighted by molar-refractivity contribution is -0.155. The molecule has 1 heterocycles. The molecular formula is C23H32N2O7S. The maximum Gasteiger partial charge on any atom is 0.339 e. The van der Waals surface area contributed by atoms with E-state index in [1.165, 1.54) is 23.5 Å². The van der Waals surface area contributed by atoms with Gasteiger partial charge in [0.25, 0.3) is 0 Å². The number of methoxy groups -OCH3 is 1. The highest BCUT2D eigenvalue weighted by atomic mass is 32.2. The van der Waals surface area contributed by atoms with Crippen molar-refractivity contribution in [3.8, 4) is 0 Å². The van der Waals surface area contributed by atoms with Crippen LogP contribution in [-0.2, 0) is 29.1 Å². The Labute approximate surface area is 194 Å². The minimum atomic E-state index is -3.93. The third kappa shape index (κ3) is 5.38. The van der Waals surface area contributed by atoms with Crippen LogP contribution in [0.15, 0.2) is 29.2 Å². The van der Waals surface area contributed by atoms with Crippen molar-refractivity contribution in [2.75, 3.05) is 26.8 Å². The van der Waals surface area contributed by atoms with Crippen molar-refractivity contribution in [2.24, 2.45) is 5.92 Å². The largest absolute Gasteiger partial charge is 0.465 e. The van der Waals surface area contributed by atoms with Crippen LogP contribution < -0.4 is 5.32 Å². The van der Waals surface area contributed by atoms with Gasteiger partial charge in [0.05, 0.1) is 24.2 Å². The third-order valence-electron chi connectivity index (χ3n) is 6.47. The molecule has 1 aromatic carbocycles. The highest BCUT2D eigenvalue weighted by molar-refractivity contribution is 7.89. The zero-order valence-electron chi connectivity index (χ0n) is 19.2. The number of sulfonamides is 1. The van der Waals surface area contributed by atoms with Gasteiger partial charge in [0.1, 0.15) is 5.54 Å². The first-order valence-corrected chi connectivity index (χ1v) is 12.9. The Balaban J connectivity index is 1.69. The lowest BCUT2D eigenvalue weighted by Crippen LogP contribution is -2.58. The number of nitrogens with zero attached hydrogens (tertiary/aromatic N) is 1. The van der Waals surface area contributed by atoms with E-state index in [0.717, 1.165) is 19.3 Å². The lowest BCUT2D eigenvalue weighted by atomic mass is 9.81. The van der Waals surface area contributed by atoms with Gasteiger partial charge in [-0.3, -0.25) is 4.79 Å². The molecule has 1 aromatic rings. The minimum absolute atomic E-state index is 0.0199. The maximum atomic E-state index is 13.2. The zero-order chi connectivity index (χ0) is 24.1. The molecule has 2 aliphatic rings. The molecule has 33 heavy (non-hydrogen) atoms. The van der Waals surface area contributed by atoms with Crippen LogP contribution in [0.4, 0.5) is 0 Å². The Hall–Kier alpha value is -2.46. The van der Waals surface area contributed by atoms with Gasteiger partial charge in [0, 0.05) is 19.0 Å². The molecule has 10 heteroatoms. The Morgan fingerprint density at radius 1 is 1.09 bits per heavy atom. The quantitative estimate of drug-likeness (QED) is 0.595. The predicted octanol–water partition coefficient (Wildman–Crippen LogP) is 2.26. The van der Waals surface area contributed by atoms with Gasteiger partial charge >= 0.3 is 11.9 Å². The van der Waals surface area contributed by atoms with Crippen LogP contribution in [-0.4, -0.2) is 62.9 Å². The number of nitrogens with one attached hydrogen (secondary N) is 1. The molecule has 0 spiro atoms. The Bertz CT molecular complexity index is 978. The molecule has 1 aliphatic heterocycles. The predicted molar refractivity (Wildman–Crippen MR) is 120 cm³/mol. The number of carbonyl (C=O) groups is 3. The monoisotopic (exact) mass is 480 g/mol.